The predicted molar refractivity (Wildman–Crippen MR) is 75.0 cm³/mol. The molecule has 1 nitrogen and oxygen atoms in total. The zero-order valence-corrected chi connectivity index (χ0v) is 12.0. The number of hydrogen-bond donors (Lipinski definition) is 0. The van der Waals surface area contributed by atoms with Crippen molar-refractivity contribution in [3.8, 4) is 0 Å². The number of hydrogen-bond acceptors (Lipinski definition) is 2. The minimum atomic E-state index is -0.261. The third-order valence-corrected chi connectivity index (χ3v) is 4.30. The molecule has 0 fully saturated rings. The van der Waals surface area contributed by atoms with Crippen molar-refractivity contribution in [1.82, 2.24) is 4.98 Å². The van der Waals surface area contributed by atoms with Gasteiger partial charge in [0.1, 0.15) is 5.82 Å². The van der Waals surface area contributed by atoms with E-state index in [1.54, 1.807) is 23.5 Å². The van der Waals surface area contributed by atoms with Gasteiger partial charge in [-0.2, -0.15) is 0 Å². The summed E-state index contributed by atoms with van der Waals surface area (Å²) in [4.78, 5) is 4.55. The van der Waals surface area contributed by atoms with Gasteiger partial charge in [0.25, 0.3) is 0 Å². The fourth-order valence-corrected chi connectivity index (χ4v) is 2.85. The molecule has 4 heteroatoms. The van der Waals surface area contributed by atoms with Gasteiger partial charge in [-0.15, -0.1) is 11.3 Å². The normalized spacial score (nSPS) is 12.7. The summed E-state index contributed by atoms with van der Waals surface area (Å²) in [6.07, 6.45) is 1.52. The first-order chi connectivity index (χ1) is 8.61. The first-order valence-electron chi connectivity index (χ1n) is 5.99. The van der Waals surface area contributed by atoms with Crippen LogP contribution in [0.1, 0.15) is 42.5 Å². The first-order valence-corrected chi connectivity index (χ1v) is 7.24. The second-order valence-electron chi connectivity index (χ2n) is 4.35. The lowest BCUT2D eigenvalue weighted by Crippen LogP contribution is -1.96. The molecule has 0 amide bonds. The largest absolute Gasteiger partial charge is 0.246 e. The summed E-state index contributed by atoms with van der Waals surface area (Å²) in [5.74, 6) is 0.189. The maximum absolute atomic E-state index is 13.7. The van der Waals surface area contributed by atoms with E-state index in [4.69, 9.17) is 11.6 Å². The van der Waals surface area contributed by atoms with Gasteiger partial charge in [-0.3, -0.25) is 0 Å². The van der Waals surface area contributed by atoms with E-state index < -0.39 is 0 Å². The van der Waals surface area contributed by atoms with Crippen LogP contribution in [0.3, 0.4) is 0 Å². The van der Waals surface area contributed by atoms with Crippen LogP contribution in [-0.2, 0) is 6.42 Å². The van der Waals surface area contributed by atoms with Crippen molar-refractivity contribution in [1.29, 1.82) is 0 Å². The van der Waals surface area contributed by atoms with E-state index in [1.807, 2.05) is 0 Å². The average Bonchev–Trinajstić information content (AvgIpc) is 2.81. The lowest BCUT2D eigenvalue weighted by molar-refractivity contribution is 0.613. The third-order valence-electron chi connectivity index (χ3n) is 3.08. The molecule has 0 N–H and O–H groups in total. The highest BCUT2D eigenvalue weighted by molar-refractivity contribution is 7.09. The van der Waals surface area contributed by atoms with Crippen LogP contribution >= 0.6 is 22.9 Å². The number of aromatic nitrogens is 1. The summed E-state index contributed by atoms with van der Waals surface area (Å²) in [6, 6.07) is 4.77. The number of rotatable bonds is 4. The van der Waals surface area contributed by atoms with Gasteiger partial charge in [0, 0.05) is 22.4 Å². The van der Waals surface area contributed by atoms with Crippen molar-refractivity contribution in [2.24, 2.45) is 0 Å². The Bertz CT molecular complexity index is 518. The molecule has 0 aliphatic carbocycles. The number of halogens is 2. The second kappa shape index (κ2) is 5.81. The zero-order chi connectivity index (χ0) is 13.1. The minimum absolute atomic E-state index is 0.261. The molecule has 2 aromatic rings. The molecule has 18 heavy (non-hydrogen) atoms. The first kappa shape index (κ1) is 13.5. The maximum atomic E-state index is 13.7. The van der Waals surface area contributed by atoms with Crippen LogP contribution in [0.2, 0.25) is 5.02 Å². The Hall–Kier alpha value is -0.930. The molecular weight excluding hydrogens is 269 g/mol. The molecule has 1 aromatic heterocycles. The van der Waals surface area contributed by atoms with Crippen molar-refractivity contribution >= 4 is 22.9 Å². The van der Waals surface area contributed by atoms with Gasteiger partial charge in [-0.05, 0) is 24.5 Å². The molecule has 1 aromatic carbocycles. The van der Waals surface area contributed by atoms with Gasteiger partial charge in [0.05, 0.1) is 10.7 Å². The topological polar surface area (TPSA) is 12.9 Å². The van der Waals surface area contributed by atoms with E-state index in [2.05, 4.69) is 24.2 Å². The molecule has 96 valence electrons. The van der Waals surface area contributed by atoms with Gasteiger partial charge >= 0.3 is 0 Å². The fourth-order valence-electron chi connectivity index (χ4n) is 1.69. The Morgan fingerprint density at radius 1 is 1.44 bits per heavy atom. The van der Waals surface area contributed by atoms with Gasteiger partial charge in [0.2, 0.25) is 0 Å². The van der Waals surface area contributed by atoms with E-state index in [9.17, 15) is 4.39 Å². The van der Waals surface area contributed by atoms with Crippen molar-refractivity contribution in [3.63, 3.8) is 0 Å². The molecule has 0 bridgehead atoms. The molecule has 0 saturated heterocycles. The Morgan fingerprint density at radius 2 is 2.22 bits per heavy atom. The van der Waals surface area contributed by atoms with Crippen molar-refractivity contribution in [3.05, 3.63) is 50.7 Å². The lowest BCUT2D eigenvalue weighted by Gasteiger charge is -2.04. The van der Waals surface area contributed by atoms with E-state index >= 15 is 0 Å². The molecule has 0 aliphatic heterocycles. The Morgan fingerprint density at radius 3 is 2.89 bits per heavy atom. The summed E-state index contributed by atoms with van der Waals surface area (Å²) in [7, 11) is 0. The van der Waals surface area contributed by atoms with Crippen molar-refractivity contribution < 1.29 is 4.39 Å². The van der Waals surface area contributed by atoms with Crippen LogP contribution in [0.25, 0.3) is 0 Å². The van der Waals surface area contributed by atoms with E-state index in [1.165, 1.54) is 6.07 Å². The van der Waals surface area contributed by atoms with E-state index in [-0.39, 0.29) is 5.82 Å². The second-order valence-corrected chi connectivity index (χ2v) is 5.70. The molecule has 1 unspecified atom stereocenters. The zero-order valence-electron chi connectivity index (χ0n) is 10.4. The summed E-state index contributed by atoms with van der Waals surface area (Å²) >= 11 is 7.58. The third kappa shape index (κ3) is 2.90. The highest BCUT2D eigenvalue weighted by Crippen LogP contribution is 2.26. The maximum Gasteiger partial charge on any atom is 0.128 e. The number of thiazole rings is 1. The molecule has 0 aliphatic rings. The van der Waals surface area contributed by atoms with Gasteiger partial charge in [-0.1, -0.05) is 31.5 Å². The van der Waals surface area contributed by atoms with Gasteiger partial charge in [0.15, 0.2) is 0 Å². The Balaban J connectivity index is 2.21. The standard InChI is InChI=1S/C14H15ClFNS/c1-3-9(2)13-8-18-14(17-13)7-10-11(15)5-4-6-12(10)16/h4-6,8-9H,3,7H2,1-2H3. The molecule has 1 heterocycles. The van der Waals surface area contributed by atoms with E-state index in [0.29, 0.717) is 22.9 Å². The SMILES string of the molecule is CCC(C)c1csc(Cc2c(F)cccc2Cl)n1. The summed E-state index contributed by atoms with van der Waals surface area (Å²) < 4.78 is 13.7. The summed E-state index contributed by atoms with van der Waals surface area (Å²) in [6.45, 7) is 4.28. The van der Waals surface area contributed by atoms with Crippen LogP contribution in [0.15, 0.2) is 23.6 Å². The highest BCUT2D eigenvalue weighted by atomic mass is 35.5. The Labute approximate surface area is 116 Å². The lowest BCUT2D eigenvalue weighted by atomic mass is 10.1. The average molecular weight is 284 g/mol. The van der Waals surface area contributed by atoms with E-state index in [0.717, 1.165) is 17.1 Å². The predicted octanol–water partition coefficient (Wildman–Crippen LogP) is 5.04. The van der Waals surface area contributed by atoms with Crippen LogP contribution in [0, 0.1) is 5.82 Å². The molecule has 0 spiro atoms. The molecular formula is C14H15ClFNS. The fraction of sp³-hybridized carbons (Fsp3) is 0.357. The smallest absolute Gasteiger partial charge is 0.128 e. The van der Waals surface area contributed by atoms with Crippen molar-refractivity contribution in [2.45, 2.75) is 32.6 Å². The monoisotopic (exact) mass is 283 g/mol. The summed E-state index contributed by atoms with van der Waals surface area (Å²) in [5, 5.41) is 3.44. The van der Waals surface area contributed by atoms with Crippen LogP contribution in [0.5, 0.6) is 0 Å². The van der Waals surface area contributed by atoms with Crippen LogP contribution < -0.4 is 0 Å². The molecule has 0 saturated carbocycles. The minimum Gasteiger partial charge on any atom is -0.246 e. The highest BCUT2D eigenvalue weighted by Gasteiger charge is 2.12. The molecule has 0 radical (unpaired) electrons. The van der Waals surface area contributed by atoms with Crippen LogP contribution in [-0.4, -0.2) is 4.98 Å². The molecule has 1 atom stereocenters. The van der Waals surface area contributed by atoms with Crippen LogP contribution in [0.4, 0.5) is 4.39 Å². The molecule has 2 rings (SSSR count). The number of nitrogens with zero attached hydrogens (tertiary/aromatic N) is 1. The Kier molecular flexibility index (Phi) is 4.36. The quantitative estimate of drug-likeness (QED) is 0.766. The van der Waals surface area contributed by atoms with Crippen molar-refractivity contribution in [2.75, 3.05) is 0 Å². The number of benzene rings is 1. The van der Waals surface area contributed by atoms with Gasteiger partial charge < -0.3 is 0 Å². The summed E-state index contributed by atoms with van der Waals surface area (Å²) in [5.41, 5.74) is 1.62. The van der Waals surface area contributed by atoms with Gasteiger partial charge in [-0.25, -0.2) is 9.37 Å².